The van der Waals surface area contributed by atoms with Gasteiger partial charge in [0.15, 0.2) is 11.6 Å². The van der Waals surface area contributed by atoms with E-state index in [1.54, 1.807) is 30.5 Å². The Morgan fingerprint density at radius 1 is 1.19 bits per heavy atom. The van der Waals surface area contributed by atoms with E-state index in [2.05, 4.69) is 15.8 Å². The molecule has 0 radical (unpaired) electrons. The topological polar surface area (TPSA) is 94.5 Å². The van der Waals surface area contributed by atoms with Gasteiger partial charge in [0.05, 0.1) is 9.71 Å². The van der Waals surface area contributed by atoms with Gasteiger partial charge in [0.25, 0.3) is 0 Å². The third-order valence-electron chi connectivity index (χ3n) is 5.40. The van der Waals surface area contributed by atoms with E-state index in [9.17, 15) is 8.60 Å². The molecule has 2 atom stereocenters. The minimum atomic E-state index is -2.88. The molecule has 6 nitrogen and oxygen atoms in total. The van der Waals surface area contributed by atoms with Crippen LogP contribution in [0.25, 0.3) is 11.1 Å². The number of pyridine rings is 1. The molecule has 2 heterocycles. The van der Waals surface area contributed by atoms with Gasteiger partial charge in [0.1, 0.15) is 11.9 Å². The number of hydrogen-bond donors (Lipinski definition) is 2. The van der Waals surface area contributed by atoms with Crippen LogP contribution in [0.5, 0.6) is 5.75 Å². The molecule has 4 N–H and O–H groups in total. The smallest absolute Gasteiger partial charge is 0.166 e. The molecule has 0 amide bonds. The second-order valence-electron chi connectivity index (χ2n) is 7.93. The summed E-state index contributed by atoms with van der Waals surface area (Å²) in [5.74, 6) is 3.91. The second kappa shape index (κ2) is 7.96. The lowest BCUT2D eigenvalue weighted by Gasteiger charge is -2.25. The summed E-state index contributed by atoms with van der Waals surface area (Å²) in [5, 5.41) is 5.79. The molecule has 1 aliphatic rings. The van der Waals surface area contributed by atoms with Gasteiger partial charge in [-0.05, 0) is 72.4 Å². The molecule has 0 saturated heterocycles. The first-order valence-corrected chi connectivity index (χ1v) is 11.6. The molecular weight excluding hydrogens is 415 g/mol. The number of ether oxygens (including phenoxy) is 1. The van der Waals surface area contributed by atoms with E-state index >= 15 is 0 Å². The number of aromatic nitrogens is 1. The van der Waals surface area contributed by atoms with Crippen molar-refractivity contribution in [2.24, 2.45) is 5.14 Å². The molecule has 4 rings (SSSR count). The fraction of sp³-hybridized carbons (Fsp3) is 0.217. The van der Waals surface area contributed by atoms with Crippen LogP contribution in [0.3, 0.4) is 0 Å². The van der Waals surface area contributed by atoms with E-state index in [1.165, 1.54) is 12.1 Å². The average molecular weight is 441 g/mol. The molecule has 31 heavy (non-hydrogen) atoms. The Morgan fingerprint density at radius 2 is 1.90 bits per heavy atom. The number of nitrogens with two attached hydrogens (primary N) is 2. The maximum atomic E-state index is 14.0. The third-order valence-corrected chi connectivity index (χ3v) is 6.46. The molecule has 2 bridgehead atoms. The SMILES string of the molecule is C=S(N)(=O)c1ccc2c(c1)-c1cnc(N)c(c1)OC(C)c1cc(F)ccc1CN(C)C2. The summed E-state index contributed by atoms with van der Waals surface area (Å²) >= 11 is 0. The maximum absolute atomic E-state index is 14.0. The van der Waals surface area contributed by atoms with Crippen molar-refractivity contribution in [3.8, 4) is 16.9 Å². The highest BCUT2D eigenvalue weighted by atomic mass is 32.2. The highest BCUT2D eigenvalue weighted by molar-refractivity contribution is 7.98. The fourth-order valence-electron chi connectivity index (χ4n) is 3.85. The number of rotatable bonds is 1. The second-order valence-corrected chi connectivity index (χ2v) is 9.85. The first kappa shape index (κ1) is 21.3. The van der Waals surface area contributed by atoms with Crippen molar-refractivity contribution in [1.82, 2.24) is 9.88 Å². The zero-order valence-corrected chi connectivity index (χ0v) is 18.3. The first-order chi connectivity index (χ1) is 14.6. The van der Waals surface area contributed by atoms with Gasteiger partial charge >= 0.3 is 0 Å². The number of anilines is 1. The lowest BCUT2D eigenvalue weighted by atomic mass is 9.98. The van der Waals surface area contributed by atoms with E-state index in [1.807, 2.05) is 20.0 Å². The van der Waals surface area contributed by atoms with Crippen LogP contribution in [0.15, 0.2) is 53.6 Å². The van der Waals surface area contributed by atoms with Gasteiger partial charge in [-0.2, -0.15) is 0 Å². The molecule has 0 spiro atoms. The Bertz CT molecular complexity index is 1260. The number of fused-ring (bicyclic) bond motifs is 5. The molecule has 1 aromatic heterocycles. The third kappa shape index (κ3) is 4.41. The van der Waals surface area contributed by atoms with Crippen LogP contribution >= 0.6 is 0 Å². The molecule has 2 aromatic carbocycles. The number of halogens is 1. The lowest BCUT2D eigenvalue weighted by Crippen LogP contribution is -2.21. The standard InChI is InChI=1S/C23H25FN4O2S/c1-14-20-9-18(24)6-4-15(20)12-28(2)13-16-5-7-19(31(3,26)29)10-21(16)17-8-22(30-14)23(25)27-11-17/h4-11,14H,3,12-13H2,1-2H3,(H2,25,27)(H2,26,29). The summed E-state index contributed by atoms with van der Waals surface area (Å²) in [6.45, 7) is 3.05. The first-order valence-electron chi connectivity index (χ1n) is 9.79. The van der Waals surface area contributed by atoms with E-state index in [0.717, 1.165) is 27.8 Å². The fourth-order valence-corrected chi connectivity index (χ4v) is 4.47. The predicted octanol–water partition coefficient (Wildman–Crippen LogP) is 3.50. The maximum Gasteiger partial charge on any atom is 0.166 e. The van der Waals surface area contributed by atoms with Crippen LogP contribution < -0.4 is 15.6 Å². The van der Waals surface area contributed by atoms with Crippen LogP contribution in [0.2, 0.25) is 0 Å². The number of hydrogen-bond acceptors (Lipinski definition) is 5. The van der Waals surface area contributed by atoms with E-state index < -0.39 is 15.8 Å². The summed E-state index contributed by atoms with van der Waals surface area (Å²) < 4.78 is 32.5. The molecule has 0 fully saturated rings. The van der Waals surface area contributed by atoms with E-state index in [0.29, 0.717) is 23.7 Å². The van der Waals surface area contributed by atoms with Gasteiger partial charge in [-0.25, -0.2) is 13.6 Å². The summed E-state index contributed by atoms with van der Waals surface area (Å²) in [6.07, 6.45) is 1.21. The Morgan fingerprint density at radius 3 is 2.65 bits per heavy atom. The summed E-state index contributed by atoms with van der Waals surface area (Å²) in [5.41, 5.74) is 10.4. The number of benzene rings is 2. The van der Waals surface area contributed by atoms with Gasteiger partial charge in [0.2, 0.25) is 0 Å². The quantitative estimate of drug-likeness (QED) is 0.565. The predicted molar refractivity (Wildman–Crippen MR) is 122 cm³/mol. The highest BCUT2D eigenvalue weighted by Crippen LogP contribution is 2.35. The van der Waals surface area contributed by atoms with Gasteiger partial charge in [-0.1, -0.05) is 12.1 Å². The van der Waals surface area contributed by atoms with Crippen molar-refractivity contribution in [3.05, 3.63) is 71.2 Å². The lowest BCUT2D eigenvalue weighted by molar-refractivity contribution is 0.223. The molecule has 1 aliphatic heterocycles. The van der Waals surface area contributed by atoms with Gasteiger partial charge in [0, 0.05) is 29.7 Å². The monoisotopic (exact) mass is 440 g/mol. The Kier molecular flexibility index (Phi) is 5.47. The molecule has 0 saturated carbocycles. The zero-order chi connectivity index (χ0) is 22.3. The summed E-state index contributed by atoms with van der Waals surface area (Å²) in [4.78, 5) is 6.87. The Balaban J connectivity index is 1.92. The molecule has 3 aromatic rings. The molecule has 162 valence electrons. The normalized spacial score (nSPS) is 18.5. The van der Waals surface area contributed by atoms with Crippen molar-refractivity contribution >= 4 is 21.4 Å². The van der Waals surface area contributed by atoms with Crippen LogP contribution in [-0.4, -0.2) is 27.0 Å². The van der Waals surface area contributed by atoms with Crippen LogP contribution in [-0.2, 0) is 22.8 Å². The van der Waals surface area contributed by atoms with Crippen molar-refractivity contribution in [3.63, 3.8) is 0 Å². The van der Waals surface area contributed by atoms with E-state index in [-0.39, 0.29) is 11.6 Å². The number of nitrogen functional groups attached to an aromatic ring is 1. The minimum absolute atomic E-state index is 0.236. The average Bonchev–Trinajstić information content (AvgIpc) is 2.69. The molecular formula is C23H25FN4O2S. The largest absolute Gasteiger partial charge is 0.482 e. The molecule has 8 heteroatoms. The summed E-state index contributed by atoms with van der Waals surface area (Å²) in [6, 6.07) is 11.9. The number of nitrogens with zero attached hydrogens (tertiary/aromatic N) is 2. The van der Waals surface area contributed by atoms with Gasteiger partial charge < -0.3 is 10.5 Å². The molecule has 0 aliphatic carbocycles. The summed E-state index contributed by atoms with van der Waals surface area (Å²) in [7, 11) is -0.891. The minimum Gasteiger partial charge on any atom is -0.482 e. The van der Waals surface area contributed by atoms with Crippen molar-refractivity contribution in [2.45, 2.75) is 31.0 Å². The Hall–Kier alpha value is -2.94. The van der Waals surface area contributed by atoms with Crippen molar-refractivity contribution < 1.29 is 13.3 Å². The van der Waals surface area contributed by atoms with Gasteiger partial charge in [-0.3, -0.25) is 10.0 Å². The van der Waals surface area contributed by atoms with Gasteiger partial charge in [-0.15, -0.1) is 0 Å². The molecule has 2 unspecified atom stereocenters. The van der Waals surface area contributed by atoms with E-state index in [4.69, 9.17) is 15.6 Å². The van der Waals surface area contributed by atoms with Crippen molar-refractivity contribution in [1.29, 1.82) is 0 Å². The van der Waals surface area contributed by atoms with Crippen molar-refractivity contribution in [2.75, 3.05) is 12.8 Å². The van der Waals surface area contributed by atoms with Crippen LogP contribution in [0, 0.1) is 5.82 Å². The highest BCUT2D eigenvalue weighted by Gasteiger charge is 2.20. The zero-order valence-electron chi connectivity index (χ0n) is 17.5. The van der Waals surface area contributed by atoms with Crippen LogP contribution in [0.1, 0.15) is 29.7 Å². The van der Waals surface area contributed by atoms with Crippen LogP contribution in [0.4, 0.5) is 10.2 Å². The Labute approximate surface area is 181 Å².